The molecule has 0 bridgehead atoms. The zero-order chi connectivity index (χ0) is 29.8. The number of carbonyl (C=O) groups excluding carboxylic acids is 2. The van der Waals surface area contributed by atoms with Gasteiger partial charge in [-0.15, -0.1) is 0 Å². The predicted molar refractivity (Wildman–Crippen MR) is 139 cm³/mol. The van der Waals surface area contributed by atoms with Gasteiger partial charge in [-0.05, 0) is 25.0 Å². The number of nitrogens with zero attached hydrogens (tertiary/aromatic N) is 1. The average Bonchev–Trinajstić information content (AvgIpc) is 3.25. The Kier molecular flexibility index (Phi) is 9.37. The number of rotatable bonds is 10. The highest BCUT2D eigenvalue weighted by Gasteiger charge is 2.51. The Labute approximate surface area is 232 Å². The summed E-state index contributed by atoms with van der Waals surface area (Å²) in [4.78, 5) is 50.8. The number of hydrogen-bond donors (Lipinski definition) is 7. The molecule has 1 aromatic carbocycles. The smallest absolute Gasteiger partial charge is 0.330 e. The monoisotopic (exact) mass is 576 g/mol. The van der Waals surface area contributed by atoms with E-state index >= 15 is 0 Å². The topological polar surface area (TPSA) is 236 Å². The number of hydrogen-bond acceptors (Lipinski definition) is 11. The molecule has 1 saturated heterocycles. The Morgan fingerprint density at radius 2 is 1.85 bits per heavy atom. The maximum atomic E-state index is 12.7. The molecule has 0 saturated carbocycles. The molecule has 15 nitrogen and oxygen atoms in total. The third-order valence-electron chi connectivity index (χ3n) is 6.88. The van der Waals surface area contributed by atoms with Crippen LogP contribution < -0.4 is 22.3 Å². The van der Waals surface area contributed by atoms with E-state index < -0.39 is 78.6 Å². The number of aryl methyl sites for hydroxylation is 1. The average molecular weight is 577 g/mol. The van der Waals surface area contributed by atoms with Crippen molar-refractivity contribution in [1.29, 1.82) is 0 Å². The molecule has 1 fully saturated rings. The molecule has 2 aliphatic heterocycles. The first-order chi connectivity index (χ1) is 19.5. The van der Waals surface area contributed by atoms with Crippen molar-refractivity contribution in [2.45, 2.75) is 56.4 Å². The molecule has 8 N–H and O–H groups in total. The quantitative estimate of drug-likeness (QED) is 0.150. The highest BCUT2D eigenvalue weighted by Crippen LogP contribution is 2.36. The van der Waals surface area contributed by atoms with Crippen molar-refractivity contribution in [3.8, 4) is 0 Å². The van der Waals surface area contributed by atoms with Gasteiger partial charge in [0.05, 0.1) is 6.61 Å². The van der Waals surface area contributed by atoms with Gasteiger partial charge in [-0.1, -0.05) is 29.8 Å². The van der Waals surface area contributed by atoms with Gasteiger partial charge in [0.2, 0.25) is 12.2 Å². The summed E-state index contributed by atoms with van der Waals surface area (Å²) < 4.78 is 17.6. The minimum Gasteiger partial charge on any atom is -0.456 e. The Hall–Kier alpha value is -3.86. The van der Waals surface area contributed by atoms with Crippen molar-refractivity contribution in [1.82, 2.24) is 14.9 Å². The lowest BCUT2D eigenvalue weighted by Gasteiger charge is -2.35. The first kappa shape index (κ1) is 30.1. The molecule has 15 heteroatoms. The Balaban J connectivity index is 1.46. The second-order valence-electron chi connectivity index (χ2n) is 9.79. The summed E-state index contributed by atoms with van der Waals surface area (Å²) in [5.74, 6) is -3.48. The molecule has 8 atom stereocenters. The van der Waals surface area contributed by atoms with E-state index in [2.05, 4.69) is 5.32 Å². The first-order valence-electron chi connectivity index (χ1n) is 12.8. The van der Waals surface area contributed by atoms with E-state index in [1.807, 2.05) is 36.2 Å². The van der Waals surface area contributed by atoms with Crippen LogP contribution in [0.25, 0.3) is 0 Å². The molecular weight excluding hydrogens is 544 g/mol. The third kappa shape index (κ3) is 6.73. The molecule has 2 aliphatic rings. The number of aliphatic hydroxyl groups excluding tert-OH is 4. The van der Waals surface area contributed by atoms with Gasteiger partial charge in [0, 0.05) is 24.7 Å². The summed E-state index contributed by atoms with van der Waals surface area (Å²) in [6.45, 7) is 1.45. The van der Waals surface area contributed by atoms with Crippen molar-refractivity contribution >= 4 is 11.8 Å². The van der Waals surface area contributed by atoms with Crippen molar-refractivity contribution in [2.75, 3.05) is 13.2 Å². The second kappa shape index (κ2) is 12.8. The summed E-state index contributed by atoms with van der Waals surface area (Å²) in [6, 6.07) is 8.73. The fourth-order valence-corrected chi connectivity index (χ4v) is 4.61. The molecule has 222 valence electrons. The zero-order valence-corrected chi connectivity index (χ0v) is 22.0. The zero-order valence-electron chi connectivity index (χ0n) is 22.0. The van der Waals surface area contributed by atoms with Gasteiger partial charge in [-0.3, -0.25) is 23.9 Å². The van der Waals surface area contributed by atoms with Gasteiger partial charge in [0.15, 0.2) is 18.1 Å². The van der Waals surface area contributed by atoms with Gasteiger partial charge in [0.25, 0.3) is 11.5 Å². The van der Waals surface area contributed by atoms with E-state index in [1.165, 1.54) is 0 Å². The van der Waals surface area contributed by atoms with Crippen LogP contribution >= 0.6 is 0 Å². The standard InChI is InChI=1S/C26H32N4O11/c1-12-2-4-13(5-3-12)6-8-28-23(37)16-10-15(32)19(35)25(39-16)41-21(22(27)36)20-14(11-31)18(34)24(40-20)30-9-7-17(33)29-26(30)38/h2-5,7,9-10,14-15,18-21,24-25,31-32,34-35H,6,8,11H2,1H3,(H2,27,36)(H,28,37)(H,29,33,38)/t14-,15-,18+,19-,20?,21+,24+,25+/m0/s1. The first-order valence-corrected chi connectivity index (χ1v) is 12.8. The van der Waals surface area contributed by atoms with Gasteiger partial charge < -0.3 is 45.7 Å². The molecule has 0 spiro atoms. The number of amides is 2. The minimum absolute atomic E-state index is 0.230. The van der Waals surface area contributed by atoms with Crippen LogP contribution in [0.2, 0.25) is 0 Å². The van der Waals surface area contributed by atoms with Crippen LogP contribution in [-0.4, -0.2) is 91.8 Å². The molecule has 1 aromatic heterocycles. The van der Waals surface area contributed by atoms with Crippen LogP contribution in [0, 0.1) is 12.8 Å². The van der Waals surface area contributed by atoms with Crippen molar-refractivity contribution in [3.05, 3.63) is 80.3 Å². The van der Waals surface area contributed by atoms with Crippen LogP contribution in [0.3, 0.4) is 0 Å². The van der Waals surface area contributed by atoms with Gasteiger partial charge >= 0.3 is 5.69 Å². The number of nitrogens with two attached hydrogens (primary N) is 1. The molecule has 1 unspecified atom stereocenters. The summed E-state index contributed by atoms with van der Waals surface area (Å²) in [5.41, 5.74) is 5.97. The van der Waals surface area contributed by atoms with Crippen LogP contribution in [0.4, 0.5) is 0 Å². The third-order valence-corrected chi connectivity index (χ3v) is 6.88. The number of carbonyl (C=O) groups is 2. The maximum absolute atomic E-state index is 12.7. The molecule has 3 heterocycles. The van der Waals surface area contributed by atoms with Crippen LogP contribution in [0.5, 0.6) is 0 Å². The maximum Gasteiger partial charge on any atom is 0.330 e. The van der Waals surface area contributed by atoms with E-state index in [1.54, 1.807) is 0 Å². The van der Waals surface area contributed by atoms with Gasteiger partial charge in [-0.25, -0.2) is 4.79 Å². The number of H-pyrrole nitrogens is 1. The molecule has 0 aliphatic carbocycles. The highest BCUT2D eigenvalue weighted by molar-refractivity contribution is 5.91. The molecule has 2 amide bonds. The van der Waals surface area contributed by atoms with Crippen LogP contribution in [-0.2, 0) is 30.2 Å². The SMILES string of the molecule is Cc1ccc(CCNC(=O)C2=C[C@H](O)[C@H](O)[C@@H](O[C@@H](C(N)=O)C3O[C@@H](n4ccc(=O)[nH]c4=O)[C@H](O)[C@@H]3CO)O2)cc1. The lowest BCUT2D eigenvalue weighted by Crippen LogP contribution is -2.53. The Bertz CT molecular complexity index is 1390. The van der Waals surface area contributed by atoms with Gasteiger partial charge in [0.1, 0.15) is 24.4 Å². The Morgan fingerprint density at radius 1 is 1.15 bits per heavy atom. The van der Waals surface area contributed by atoms with E-state index in [-0.39, 0.29) is 12.3 Å². The van der Waals surface area contributed by atoms with Gasteiger partial charge in [-0.2, -0.15) is 0 Å². The van der Waals surface area contributed by atoms with E-state index in [0.29, 0.717) is 6.42 Å². The molecule has 0 radical (unpaired) electrons. The summed E-state index contributed by atoms with van der Waals surface area (Å²) in [7, 11) is 0. The molecule has 4 rings (SSSR count). The lowest BCUT2D eigenvalue weighted by atomic mass is 9.94. The second-order valence-corrected chi connectivity index (χ2v) is 9.79. The number of aliphatic hydroxyl groups is 4. The van der Waals surface area contributed by atoms with E-state index in [4.69, 9.17) is 19.9 Å². The minimum atomic E-state index is -1.79. The molecule has 41 heavy (non-hydrogen) atoms. The fourth-order valence-electron chi connectivity index (χ4n) is 4.61. The number of nitrogens with one attached hydrogen (secondary N) is 2. The van der Waals surface area contributed by atoms with Crippen molar-refractivity contribution in [2.24, 2.45) is 11.7 Å². The van der Waals surface area contributed by atoms with Crippen LogP contribution in [0.1, 0.15) is 17.4 Å². The number of aromatic nitrogens is 2. The van der Waals surface area contributed by atoms with E-state index in [0.717, 1.165) is 34.0 Å². The normalized spacial score (nSPS) is 28.4. The lowest BCUT2D eigenvalue weighted by molar-refractivity contribution is -0.239. The number of aromatic amines is 1. The summed E-state index contributed by atoms with van der Waals surface area (Å²) in [5, 5.41) is 44.1. The van der Waals surface area contributed by atoms with Crippen molar-refractivity contribution in [3.63, 3.8) is 0 Å². The fraction of sp³-hybridized carbons (Fsp3) is 0.462. The molecule has 2 aromatic rings. The highest BCUT2D eigenvalue weighted by atomic mass is 16.7. The Morgan fingerprint density at radius 3 is 2.49 bits per heavy atom. The van der Waals surface area contributed by atoms with E-state index in [9.17, 15) is 39.6 Å². The summed E-state index contributed by atoms with van der Waals surface area (Å²) >= 11 is 0. The number of ether oxygens (including phenoxy) is 3. The van der Waals surface area contributed by atoms with Crippen molar-refractivity contribution < 1.29 is 44.2 Å². The number of benzene rings is 1. The molecular formula is C26H32N4O11. The summed E-state index contributed by atoms with van der Waals surface area (Å²) in [6.07, 6.45) is -8.91. The predicted octanol–water partition coefficient (Wildman–Crippen LogP) is -3.10. The largest absolute Gasteiger partial charge is 0.456 e. The number of primary amides is 1. The van der Waals surface area contributed by atoms with Crippen LogP contribution in [0.15, 0.2) is 58.0 Å².